The fourth-order valence-electron chi connectivity index (χ4n) is 3.03. The predicted molar refractivity (Wildman–Crippen MR) is 105 cm³/mol. The minimum atomic E-state index is 0. The lowest BCUT2D eigenvalue weighted by Crippen LogP contribution is -2.37. The number of methoxy groups -OCH3 is 1. The van der Waals surface area contributed by atoms with Gasteiger partial charge in [0.15, 0.2) is 0 Å². The molecule has 0 radical (unpaired) electrons. The molecule has 2 N–H and O–H groups in total. The highest BCUT2D eigenvalue weighted by atomic mass is 35.5. The maximum atomic E-state index is 12.5. The van der Waals surface area contributed by atoms with Crippen LogP contribution in [0.3, 0.4) is 0 Å². The number of aryl methyl sites for hydroxylation is 1. The lowest BCUT2D eigenvalue weighted by molar-refractivity contribution is -0.133. The normalized spacial score (nSPS) is 14.4. The number of nitrogens with zero attached hydrogens (tertiary/aromatic N) is 2. The number of carbonyl (C=O) groups excluding carboxylic acids is 2. The Bertz CT molecular complexity index is 566. The van der Waals surface area contributed by atoms with Crippen molar-refractivity contribution < 1.29 is 14.3 Å². The first kappa shape index (κ1) is 22.3. The molecule has 0 saturated carbocycles. The number of hydrogen-bond donors (Lipinski definition) is 1. The van der Waals surface area contributed by atoms with E-state index >= 15 is 0 Å². The molecule has 146 valence electrons. The van der Waals surface area contributed by atoms with Crippen molar-refractivity contribution in [2.24, 2.45) is 5.73 Å². The molecule has 1 aliphatic heterocycles. The second-order valence-corrected chi connectivity index (χ2v) is 6.36. The van der Waals surface area contributed by atoms with Gasteiger partial charge in [-0.3, -0.25) is 9.59 Å². The average Bonchev–Trinajstić information content (AvgIpc) is 2.91. The van der Waals surface area contributed by atoms with Gasteiger partial charge in [-0.25, -0.2) is 0 Å². The van der Waals surface area contributed by atoms with Crippen LogP contribution in [0.2, 0.25) is 0 Å². The minimum absolute atomic E-state index is 0. The fourth-order valence-corrected chi connectivity index (χ4v) is 3.03. The number of halogens is 1. The lowest BCUT2D eigenvalue weighted by Gasteiger charge is -2.22. The highest BCUT2D eigenvalue weighted by Gasteiger charge is 2.21. The molecular formula is C19H30ClN3O3. The summed E-state index contributed by atoms with van der Waals surface area (Å²) in [7, 11) is 1.64. The molecule has 1 fully saturated rings. The van der Waals surface area contributed by atoms with Crippen molar-refractivity contribution in [3.63, 3.8) is 0 Å². The van der Waals surface area contributed by atoms with Gasteiger partial charge in [0.2, 0.25) is 11.8 Å². The summed E-state index contributed by atoms with van der Waals surface area (Å²) in [5.41, 5.74) is 6.59. The molecule has 1 saturated heterocycles. The number of benzene rings is 1. The number of carbonyl (C=O) groups is 2. The molecular weight excluding hydrogens is 354 g/mol. The van der Waals surface area contributed by atoms with Gasteiger partial charge < -0.3 is 20.3 Å². The summed E-state index contributed by atoms with van der Waals surface area (Å²) < 4.78 is 5.14. The van der Waals surface area contributed by atoms with Crippen LogP contribution in [-0.4, -0.2) is 61.4 Å². The molecule has 1 aliphatic rings. The van der Waals surface area contributed by atoms with Crippen molar-refractivity contribution in [3.8, 4) is 5.75 Å². The van der Waals surface area contributed by atoms with Crippen LogP contribution in [-0.2, 0) is 16.0 Å². The smallest absolute Gasteiger partial charge is 0.222 e. The van der Waals surface area contributed by atoms with Gasteiger partial charge in [-0.2, -0.15) is 0 Å². The number of nitrogens with two attached hydrogens (primary N) is 1. The third-order valence-corrected chi connectivity index (χ3v) is 4.58. The second kappa shape index (κ2) is 11.8. The molecule has 1 aromatic rings. The van der Waals surface area contributed by atoms with Crippen LogP contribution < -0.4 is 10.5 Å². The maximum absolute atomic E-state index is 12.5. The third-order valence-electron chi connectivity index (χ3n) is 4.58. The van der Waals surface area contributed by atoms with Crippen molar-refractivity contribution in [1.29, 1.82) is 0 Å². The van der Waals surface area contributed by atoms with Crippen molar-refractivity contribution >= 4 is 24.2 Å². The lowest BCUT2D eigenvalue weighted by atomic mass is 10.1. The third kappa shape index (κ3) is 6.84. The predicted octanol–water partition coefficient (Wildman–Crippen LogP) is 1.85. The Kier molecular flexibility index (Phi) is 10.1. The van der Waals surface area contributed by atoms with E-state index in [9.17, 15) is 9.59 Å². The largest absolute Gasteiger partial charge is 0.497 e. The van der Waals surface area contributed by atoms with Gasteiger partial charge >= 0.3 is 0 Å². The topological polar surface area (TPSA) is 75.9 Å². The average molecular weight is 384 g/mol. The van der Waals surface area contributed by atoms with Gasteiger partial charge in [0.05, 0.1) is 7.11 Å². The van der Waals surface area contributed by atoms with E-state index < -0.39 is 0 Å². The zero-order valence-electron chi connectivity index (χ0n) is 15.5. The van der Waals surface area contributed by atoms with E-state index in [2.05, 4.69) is 0 Å². The summed E-state index contributed by atoms with van der Waals surface area (Å²) in [6.07, 6.45) is 3.27. The number of ether oxygens (including phenoxy) is 1. The molecule has 6 nitrogen and oxygen atoms in total. The molecule has 7 heteroatoms. The number of hydrogen-bond acceptors (Lipinski definition) is 4. The van der Waals surface area contributed by atoms with E-state index in [4.69, 9.17) is 10.5 Å². The quantitative estimate of drug-likeness (QED) is 0.779. The first-order valence-electron chi connectivity index (χ1n) is 9.02. The van der Waals surface area contributed by atoms with Crippen LogP contribution in [0.5, 0.6) is 5.75 Å². The van der Waals surface area contributed by atoms with Gasteiger partial charge in [0.25, 0.3) is 0 Å². The molecule has 26 heavy (non-hydrogen) atoms. The van der Waals surface area contributed by atoms with Gasteiger partial charge in [0.1, 0.15) is 5.75 Å². The van der Waals surface area contributed by atoms with Gasteiger partial charge in [-0.15, -0.1) is 12.4 Å². The zero-order valence-corrected chi connectivity index (χ0v) is 16.3. The number of amides is 2. The Morgan fingerprint density at radius 3 is 2.12 bits per heavy atom. The Morgan fingerprint density at radius 2 is 1.58 bits per heavy atom. The van der Waals surface area contributed by atoms with Crippen molar-refractivity contribution in [1.82, 2.24) is 9.80 Å². The van der Waals surface area contributed by atoms with E-state index in [-0.39, 0.29) is 24.2 Å². The van der Waals surface area contributed by atoms with E-state index in [1.807, 2.05) is 34.1 Å². The van der Waals surface area contributed by atoms with Crippen molar-refractivity contribution in [2.45, 2.75) is 32.1 Å². The molecule has 0 atom stereocenters. The summed E-state index contributed by atoms with van der Waals surface area (Å²) in [4.78, 5) is 28.3. The molecule has 0 aromatic heterocycles. The van der Waals surface area contributed by atoms with Crippen LogP contribution in [0.25, 0.3) is 0 Å². The maximum Gasteiger partial charge on any atom is 0.222 e. The summed E-state index contributed by atoms with van der Waals surface area (Å²) in [5.74, 6) is 1.13. The molecule has 0 bridgehead atoms. The number of rotatable bonds is 7. The Hall–Kier alpha value is -1.79. The summed E-state index contributed by atoms with van der Waals surface area (Å²) in [6.45, 7) is 3.23. The van der Waals surface area contributed by atoms with Crippen molar-refractivity contribution in [2.75, 3.05) is 39.8 Å². The minimum Gasteiger partial charge on any atom is -0.497 e. The molecule has 0 unspecified atom stereocenters. The van der Waals surface area contributed by atoms with Gasteiger partial charge in [-0.05, 0) is 43.5 Å². The molecule has 0 aliphatic carbocycles. The monoisotopic (exact) mass is 383 g/mol. The fraction of sp³-hybridized carbons (Fsp3) is 0.579. The van der Waals surface area contributed by atoms with E-state index in [0.29, 0.717) is 32.5 Å². The van der Waals surface area contributed by atoms with Gasteiger partial charge in [0, 0.05) is 39.0 Å². The van der Waals surface area contributed by atoms with E-state index in [1.165, 1.54) is 0 Å². The van der Waals surface area contributed by atoms with Gasteiger partial charge in [-0.1, -0.05) is 12.1 Å². The standard InChI is InChI=1S/C19H29N3O3.ClH/c1-25-17-8-5-16(6-9-17)7-10-19(24)22-13-3-12-21(14-15-22)18(23)4-2-11-20;/h5-6,8-9H,2-4,7,10-15,20H2,1H3;1H. The molecule has 0 spiro atoms. The highest BCUT2D eigenvalue weighted by Crippen LogP contribution is 2.14. The Balaban J connectivity index is 0.00000338. The summed E-state index contributed by atoms with van der Waals surface area (Å²) in [6, 6.07) is 7.81. The first-order chi connectivity index (χ1) is 12.1. The van der Waals surface area contributed by atoms with E-state index in [1.54, 1.807) is 7.11 Å². The van der Waals surface area contributed by atoms with Crippen LogP contribution in [0, 0.1) is 0 Å². The summed E-state index contributed by atoms with van der Waals surface area (Å²) in [5, 5.41) is 0. The zero-order chi connectivity index (χ0) is 18.1. The SMILES string of the molecule is COc1ccc(CCC(=O)N2CCCN(C(=O)CCCN)CC2)cc1.Cl. The van der Waals surface area contributed by atoms with Crippen LogP contribution >= 0.6 is 12.4 Å². The first-order valence-corrected chi connectivity index (χ1v) is 9.02. The molecule has 2 amide bonds. The van der Waals surface area contributed by atoms with Crippen molar-refractivity contribution in [3.05, 3.63) is 29.8 Å². The summed E-state index contributed by atoms with van der Waals surface area (Å²) >= 11 is 0. The highest BCUT2D eigenvalue weighted by molar-refractivity contribution is 5.85. The van der Waals surface area contributed by atoms with Crippen LogP contribution in [0.4, 0.5) is 0 Å². The molecule has 1 heterocycles. The second-order valence-electron chi connectivity index (χ2n) is 6.36. The van der Waals surface area contributed by atoms with E-state index in [0.717, 1.165) is 43.7 Å². The Morgan fingerprint density at radius 1 is 1.00 bits per heavy atom. The van der Waals surface area contributed by atoms with Crippen LogP contribution in [0.1, 0.15) is 31.2 Å². The Labute approximate surface area is 162 Å². The van der Waals surface area contributed by atoms with Crippen LogP contribution in [0.15, 0.2) is 24.3 Å². The molecule has 1 aromatic carbocycles. The molecule has 2 rings (SSSR count).